The van der Waals surface area contributed by atoms with Gasteiger partial charge in [0, 0.05) is 12.6 Å². The van der Waals surface area contributed by atoms with Crippen LogP contribution in [0.25, 0.3) is 0 Å². The van der Waals surface area contributed by atoms with Gasteiger partial charge in [-0.1, -0.05) is 60.3 Å². The summed E-state index contributed by atoms with van der Waals surface area (Å²) in [6.07, 6.45) is 5.56. The topological polar surface area (TPSA) is 189 Å². The number of alkyl carbamates (subject to hydrolysis) is 1. The number of carbonyl (C=O) groups excluding carboxylic acids is 6. The normalized spacial score (nSPS) is 22.2. The molecule has 6 amide bonds. The molecule has 13 nitrogen and oxygen atoms in total. The molecule has 46 heavy (non-hydrogen) atoms. The molecule has 6 N–H and O–H groups in total. The van der Waals surface area contributed by atoms with Gasteiger partial charge >= 0.3 is 12.1 Å². The van der Waals surface area contributed by atoms with Crippen LogP contribution in [-0.2, 0) is 23.9 Å². The van der Waals surface area contributed by atoms with Crippen molar-refractivity contribution >= 4 is 35.6 Å². The minimum Gasteiger partial charge on any atom is -0.447 e. The number of ether oxygens (including phenoxy) is 1. The molecule has 260 valence electrons. The van der Waals surface area contributed by atoms with Crippen LogP contribution in [0.5, 0.6) is 0 Å². The summed E-state index contributed by atoms with van der Waals surface area (Å²) in [5, 5.41) is 11.3. The first-order chi connectivity index (χ1) is 21.5. The zero-order chi connectivity index (χ0) is 34.3. The number of Topliss-reactive ketones (excluding diaryl/α,β-unsaturated/α-hetero) is 1. The van der Waals surface area contributed by atoms with E-state index in [0.29, 0.717) is 19.4 Å². The van der Waals surface area contributed by atoms with Gasteiger partial charge in [-0.15, -0.1) is 0 Å². The van der Waals surface area contributed by atoms with Crippen LogP contribution >= 0.6 is 0 Å². The predicted octanol–water partition coefficient (Wildman–Crippen LogP) is 2.61. The Hall–Kier alpha value is -3.38. The molecule has 0 aromatic rings. The number of nitrogens with zero attached hydrogens (tertiary/aromatic N) is 1. The monoisotopic (exact) mass is 648 g/mol. The highest BCUT2D eigenvalue weighted by molar-refractivity contribution is 6.37. The third-order valence-electron chi connectivity index (χ3n) is 9.56. The van der Waals surface area contributed by atoms with Crippen LogP contribution in [0.1, 0.15) is 99.8 Å². The van der Waals surface area contributed by atoms with Crippen LogP contribution in [0.2, 0.25) is 0 Å². The van der Waals surface area contributed by atoms with Crippen molar-refractivity contribution in [1.29, 1.82) is 0 Å². The van der Waals surface area contributed by atoms with Gasteiger partial charge in [-0.05, 0) is 68.6 Å². The summed E-state index contributed by atoms with van der Waals surface area (Å²) < 4.78 is 5.38. The molecule has 4 unspecified atom stereocenters. The van der Waals surface area contributed by atoms with E-state index in [2.05, 4.69) is 21.3 Å². The molecule has 0 radical (unpaired) electrons. The molecule has 2 saturated carbocycles. The van der Waals surface area contributed by atoms with Gasteiger partial charge in [0.25, 0.3) is 5.91 Å². The standard InChI is InChI=1S/C33H56N6O7/c1-18(2)22-14-15-39(26(22)29(42)36-23(16-20-12-13-20)27(40)28(34)41)30(43)25(21-10-8-9-11-21)38-31(44)37-24(33(5,6)7)17-46-32(45)35-19(3)4/h18-26H,8-17H2,1-7H3,(H2,34,41)(H,35,45)(H,36,42)(H2,37,38,44)/t22-,23?,24?,25?,26?/m1/s1. The Morgan fingerprint density at radius 1 is 0.870 bits per heavy atom. The molecule has 0 aromatic carbocycles. The maximum Gasteiger partial charge on any atom is 0.407 e. The van der Waals surface area contributed by atoms with Gasteiger partial charge in [-0.2, -0.15) is 0 Å². The van der Waals surface area contributed by atoms with E-state index in [-0.39, 0.29) is 42.2 Å². The molecule has 13 heteroatoms. The summed E-state index contributed by atoms with van der Waals surface area (Å²) in [4.78, 5) is 79.8. The fourth-order valence-electron chi connectivity index (χ4n) is 6.58. The van der Waals surface area contributed by atoms with Gasteiger partial charge in [0.05, 0.1) is 12.1 Å². The van der Waals surface area contributed by atoms with Crippen LogP contribution in [-0.4, -0.2) is 83.9 Å². The van der Waals surface area contributed by atoms with Crippen LogP contribution in [0.3, 0.4) is 0 Å². The fourth-order valence-corrected chi connectivity index (χ4v) is 6.58. The summed E-state index contributed by atoms with van der Waals surface area (Å²) in [5.41, 5.74) is 4.84. The Bertz CT molecular complexity index is 1130. The highest BCUT2D eigenvalue weighted by Gasteiger charge is 2.47. The number of urea groups is 1. The van der Waals surface area contributed by atoms with Crippen molar-refractivity contribution in [2.24, 2.45) is 34.8 Å². The Balaban J connectivity index is 1.80. The van der Waals surface area contributed by atoms with E-state index in [1.165, 1.54) is 0 Å². The zero-order valence-corrected chi connectivity index (χ0v) is 28.6. The highest BCUT2D eigenvalue weighted by atomic mass is 16.5. The number of amides is 6. The summed E-state index contributed by atoms with van der Waals surface area (Å²) in [6, 6.07) is -3.98. The lowest BCUT2D eigenvalue weighted by molar-refractivity contribution is -0.143. The number of primary amides is 1. The predicted molar refractivity (Wildman–Crippen MR) is 172 cm³/mol. The number of ketones is 1. The van der Waals surface area contributed by atoms with Crippen molar-refractivity contribution < 1.29 is 33.5 Å². The van der Waals surface area contributed by atoms with E-state index in [4.69, 9.17) is 10.5 Å². The lowest BCUT2D eigenvalue weighted by atomic mass is 9.87. The number of hydrogen-bond donors (Lipinski definition) is 5. The third kappa shape index (κ3) is 10.3. The minimum atomic E-state index is -1.10. The number of likely N-dealkylation sites (tertiary alicyclic amines) is 1. The number of nitrogens with one attached hydrogen (secondary N) is 4. The quantitative estimate of drug-likeness (QED) is 0.179. The summed E-state index contributed by atoms with van der Waals surface area (Å²) in [6.45, 7) is 13.6. The Morgan fingerprint density at radius 3 is 2.02 bits per heavy atom. The molecule has 1 heterocycles. The maximum absolute atomic E-state index is 14.4. The molecule has 3 fully saturated rings. The summed E-state index contributed by atoms with van der Waals surface area (Å²) in [5.74, 6) is -2.73. The van der Waals surface area contributed by atoms with Gasteiger partial charge in [-0.3, -0.25) is 19.2 Å². The van der Waals surface area contributed by atoms with Gasteiger partial charge in [-0.25, -0.2) is 9.59 Å². The maximum atomic E-state index is 14.4. The van der Waals surface area contributed by atoms with Crippen molar-refractivity contribution in [2.75, 3.05) is 13.2 Å². The van der Waals surface area contributed by atoms with Crippen LogP contribution in [0.4, 0.5) is 9.59 Å². The molecule has 0 aromatic heterocycles. The molecular weight excluding hydrogens is 592 g/mol. The van der Waals surface area contributed by atoms with E-state index in [1.807, 2.05) is 48.5 Å². The second-order valence-corrected chi connectivity index (χ2v) is 15.1. The van der Waals surface area contributed by atoms with E-state index in [9.17, 15) is 28.8 Å². The molecule has 1 aliphatic heterocycles. The number of hydrogen-bond acceptors (Lipinski definition) is 7. The van der Waals surface area contributed by atoms with Gasteiger partial charge in [0.1, 0.15) is 18.7 Å². The first kappa shape index (κ1) is 37.1. The second-order valence-electron chi connectivity index (χ2n) is 15.1. The Kier molecular flexibility index (Phi) is 12.9. The van der Waals surface area contributed by atoms with E-state index >= 15 is 0 Å². The smallest absolute Gasteiger partial charge is 0.407 e. The SMILES string of the molecule is CC(C)NC(=O)OCC(NC(=O)NC(C(=O)N1CC[C@H](C(C)C)C1C(=O)NC(CC1CC1)C(=O)C(N)=O)C1CCCC1)C(C)(C)C. The molecule has 2 aliphatic carbocycles. The zero-order valence-electron chi connectivity index (χ0n) is 28.6. The van der Waals surface area contributed by atoms with Crippen molar-refractivity contribution in [1.82, 2.24) is 26.2 Å². The van der Waals surface area contributed by atoms with E-state index < -0.39 is 59.3 Å². The lowest BCUT2D eigenvalue weighted by Crippen LogP contribution is -2.60. The van der Waals surface area contributed by atoms with Crippen LogP contribution in [0.15, 0.2) is 0 Å². The molecule has 5 atom stereocenters. The van der Waals surface area contributed by atoms with E-state index in [0.717, 1.165) is 38.5 Å². The van der Waals surface area contributed by atoms with Crippen molar-refractivity contribution in [2.45, 2.75) is 130 Å². The van der Waals surface area contributed by atoms with Gasteiger partial charge in [0.15, 0.2) is 0 Å². The number of carbonyl (C=O) groups is 6. The second kappa shape index (κ2) is 15.9. The third-order valence-corrected chi connectivity index (χ3v) is 9.56. The van der Waals surface area contributed by atoms with Crippen LogP contribution < -0.4 is 27.0 Å². The average Bonchev–Trinajstić information content (AvgIpc) is 3.41. The summed E-state index contributed by atoms with van der Waals surface area (Å²) >= 11 is 0. The Labute approximate surface area is 273 Å². The van der Waals surface area contributed by atoms with Crippen LogP contribution in [0, 0.1) is 29.1 Å². The molecule has 1 saturated heterocycles. The molecular formula is C33H56N6O7. The van der Waals surface area contributed by atoms with Crippen molar-refractivity contribution in [3.05, 3.63) is 0 Å². The molecule has 3 rings (SSSR count). The molecule has 0 spiro atoms. The number of rotatable bonds is 14. The molecule has 0 bridgehead atoms. The molecule has 3 aliphatic rings. The van der Waals surface area contributed by atoms with Gasteiger partial charge < -0.3 is 36.6 Å². The van der Waals surface area contributed by atoms with E-state index in [1.54, 1.807) is 4.90 Å². The fraction of sp³-hybridized carbons (Fsp3) is 0.818. The first-order valence-corrected chi connectivity index (χ1v) is 16.9. The van der Waals surface area contributed by atoms with Crippen molar-refractivity contribution in [3.8, 4) is 0 Å². The lowest BCUT2D eigenvalue weighted by Gasteiger charge is -2.35. The largest absolute Gasteiger partial charge is 0.447 e. The summed E-state index contributed by atoms with van der Waals surface area (Å²) in [7, 11) is 0. The number of nitrogens with two attached hydrogens (primary N) is 1. The highest BCUT2D eigenvalue weighted by Crippen LogP contribution is 2.36. The Morgan fingerprint density at radius 2 is 1.50 bits per heavy atom. The first-order valence-electron chi connectivity index (χ1n) is 16.9. The average molecular weight is 649 g/mol. The van der Waals surface area contributed by atoms with Gasteiger partial charge in [0.2, 0.25) is 17.6 Å². The van der Waals surface area contributed by atoms with Crippen molar-refractivity contribution in [3.63, 3.8) is 0 Å². The minimum absolute atomic E-state index is 0.0592.